The fourth-order valence-electron chi connectivity index (χ4n) is 1.08. The molecule has 0 spiro atoms. The SMILES string of the molecule is CCC(C)C(NN)c1csnn1. The van der Waals surface area contributed by atoms with E-state index in [1.165, 1.54) is 11.5 Å². The summed E-state index contributed by atoms with van der Waals surface area (Å²) in [7, 11) is 0. The van der Waals surface area contributed by atoms with Crippen molar-refractivity contribution >= 4 is 11.5 Å². The highest BCUT2D eigenvalue weighted by Crippen LogP contribution is 2.21. The summed E-state index contributed by atoms with van der Waals surface area (Å²) in [6.07, 6.45) is 1.08. The number of hydrogen-bond acceptors (Lipinski definition) is 5. The van der Waals surface area contributed by atoms with Crippen LogP contribution in [0.15, 0.2) is 5.38 Å². The molecule has 3 N–H and O–H groups in total. The average Bonchev–Trinajstić information content (AvgIpc) is 2.58. The van der Waals surface area contributed by atoms with Crippen LogP contribution in [0.5, 0.6) is 0 Å². The lowest BCUT2D eigenvalue weighted by molar-refractivity contribution is 0.375. The number of rotatable bonds is 4. The van der Waals surface area contributed by atoms with Gasteiger partial charge in [-0.25, -0.2) is 0 Å². The Morgan fingerprint density at radius 1 is 1.75 bits per heavy atom. The molecule has 4 nitrogen and oxygen atoms in total. The monoisotopic (exact) mass is 186 g/mol. The fourth-order valence-corrected chi connectivity index (χ4v) is 1.57. The first-order valence-electron chi connectivity index (χ1n) is 4.02. The summed E-state index contributed by atoms with van der Waals surface area (Å²) in [6, 6.07) is 0.133. The third-order valence-electron chi connectivity index (χ3n) is 2.09. The zero-order valence-electron chi connectivity index (χ0n) is 7.32. The fraction of sp³-hybridized carbons (Fsp3) is 0.714. The molecule has 1 aromatic heterocycles. The van der Waals surface area contributed by atoms with E-state index in [2.05, 4.69) is 28.9 Å². The van der Waals surface area contributed by atoms with Crippen LogP contribution in [0.3, 0.4) is 0 Å². The molecule has 0 bridgehead atoms. The minimum Gasteiger partial charge on any atom is -0.271 e. The van der Waals surface area contributed by atoms with Crippen LogP contribution in [-0.2, 0) is 0 Å². The van der Waals surface area contributed by atoms with Gasteiger partial charge in [-0.1, -0.05) is 24.8 Å². The van der Waals surface area contributed by atoms with E-state index < -0.39 is 0 Å². The highest BCUT2D eigenvalue weighted by molar-refractivity contribution is 7.03. The van der Waals surface area contributed by atoms with Crippen molar-refractivity contribution in [2.75, 3.05) is 0 Å². The minimum absolute atomic E-state index is 0.133. The minimum atomic E-state index is 0.133. The first kappa shape index (κ1) is 9.57. The van der Waals surface area contributed by atoms with Crippen molar-refractivity contribution in [1.82, 2.24) is 15.0 Å². The molecule has 1 rings (SSSR count). The van der Waals surface area contributed by atoms with Crippen molar-refractivity contribution in [3.63, 3.8) is 0 Å². The Labute approximate surface area is 76.3 Å². The van der Waals surface area contributed by atoms with Crippen LogP contribution in [0.4, 0.5) is 0 Å². The molecular formula is C7H14N4S. The smallest absolute Gasteiger partial charge is 0.0940 e. The normalized spacial score (nSPS) is 15.9. The molecule has 0 radical (unpaired) electrons. The largest absolute Gasteiger partial charge is 0.271 e. The Balaban J connectivity index is 2.69. The number of hydrazine groups is 1. The van der Waals surface area contributed by atoms with Crippen LogP contribution in [-0.4, -0.2) is 9.59 Å². The first-order valence-corrected chi connectivity index (χ1v) is 4.86. The van der Waals surface area contributed by atoms with Crippen molar-refractivity contribution in [2.45, 2.75) is 26.3 Å². The van der Waals surface area contributed by atoms with Crippen molar-refractivity contribution < 1.29 is 0 Å². The lowest BCUT2D eigenvalue weighted by Gasteiger charge is -2.19. The van der Waals surface area contributed by atoms with E-state index in [-0.39, 0.29) is 6.04 Å². The molecule has 0 fully saturated rings. The van der Waals surface area contributed by atoms with E-state index in [0.29, 0.717) is 5.92 Å². The van der Waals surface area contributed by atoms with Gasteiger partial charge in [0.05, 0.1) is 11.7 Å². The lowest BCUT2D eigenvalue weighted by Crippen LogP contribution is -2.32. The van der Waals surface area contributed by atoms with E-state index in [9.17, 15) is 0 Å². The number of nitrogens with zero attached hydrogens (tertiary/aromatic N) is 2. The van der Waals surface area contributed by atoms with Crippen molar-refractivity contribution in [2.24, 2.45) is 11.8 Å². The molecule has 5 heteroatoms. The third-order valence-corrected chi connectivity index (χ3v) is 2.61. The van der Waals surface area contributed by atoms with Gasteiger partial charge in [0, 0.05) is 5.38 Å². The summed E-state index contributed by atoms with van der Waals surface area (Å²) in [4.78, 5) is 0. The summed E-state index contributed by atoms with van der Waals surface area (Å²) >= 11 is 1.35. The van der Waals surface area contributed by atoms with Gasteiger partial charge in [-0.15, -0.1) is 5.10 Å². The van der Waals surface area contributed by atoms with E-state index in [1.54, 1.807) is 0 Å². The molecule has 2 atom stereocenters. The van der Waals surface area contributed by atoms with Gasteiger partial charge >= 0.3 is 0 Å². The molecule has 0 aliphatic carbocycles. The maximum atomic E-state index is 5.43. The molecule has 0 saturated heterocycles. The number of nitrogens with one attached hydrogen (secondary N) is 1. The quantitative estimate of drug-likeness (QED) is 0.545. The summed E-state index contributed by atoms with van der Waals surface area (Å²) in [6.45, 7) is 4.28. The third kappa shape index (κ3) is 2.00. The first-order chi connectivity index (χ1) is 5.79. The van der Waals surface area contributed by atoms with Crippen LogP contribution >= 0.6 is 11.5 Å². The predicted molar refractivity (Wildman–Crippen MR) is 49.4 cm³/mol. The van der Waals surface area contributed by atoms with Gasteiger partial charge in [0.25, 0.3) is 0 Å². The van der Waals surface area contributed by atoms with Crippen LogP contribution < -0.4 is 11.3 Å². The maximum absolute atomic E-state index is 5.43. The molecule has 0 aromatic carbocycles. The van der Waals surface area contributed by atoms with Crippen LogP contribution in [0.2, 0.25) is 0 Å². The second-order valence-corrected chi connectivity index (χ2v) is 3.47. The van der Waals surface area contributed by atoms with E-state index in [0.717, 1.165) is 12.1 Å². The molecular weight excluding hydrogens is 172 g/mol. The van der Waals surface area contributed by atoms with E-state index in [4.69, 9.17) is 5.84 Å². The van der Waals surface area contributed by atoms with Crippen molar-refractivity contribution in [1.29, 1.82) is 0 Å². The second kappa shape index (κ2) is 4.49. The Kier molecular flexibility index (Phi) is 3.58. The van der Waals surface area contributed by atoms with E-state index in [1.807, 2.05) is 5.38 Å². The Hall–Kier alpha value is -0.520. The number of aromatic nitrogens is 2. The zero-order chi connectivity index (χ0) is 8.97. The van der Waals surface area contributed by atoms with Gasteiger partial charge in [-0.2, -0.15) is 0 Å². The predicted octanol–water partition coefficient (Wildman–Crippen LogP) is 1.09. The average molecular weight is 186 g/mol. The van der Waals surface area contributed by atoms with Crippen LogP contribution in [0, 0.1) is 5.92 Å². The molecule has 0 aliphatic rings. The van der Waals surface area contributed by atoms with E-state index >= 15 is 0 Å². The molecule has 0 amide bonds. The molecule has 2 unspecified atom stereocenters. The Bertz CT molecular complexity index is 211. The number of hydrogen-bond donors (Lipinski definition) is 2. The highest BCUT2D eigenvalue weighted by Gasteiger charge is 2.18. The highest BCUT2D eigenvalue weighted by atomic mass is 32.1. The zero-order valence-corrected chi connectivity index (χ0v) is 8.14. The van der Waals surface area contributed by atoms with Gasteiger partial charge in [-0.05, 0) is 17.5 Å². The van der Waals surface area contributed by atoms with Crippen molar-refractivity contribution in [3.8, 4) is 0 Å². The lowest BCUT2D eigenvalue weighted by atomic mass is 9.98. The Morgan fingerprint density at radius 3 is 2.92 bits per heavy atom. The van der Waals surface area contributed by atoms with Gasteiger partial charge in [-0.3, -0.25) is 11.3 Å². The van der Waals surface area contributed by atoms with Gasteiger partial charge in [0.2, 0.25) is 0 Å². The standard InChI is InChI=1S/C7H14N4S/c1-3-5(2)7(9-8)6-4-12-11-10-6/h4-5,7,9H,3,8H2,1-2H3. The molecule has 12 heavy (non-hydrogen) atoms. The molecule has 68 valence electrons. The maximum Gasteiger partial charge on any atom is 0.0940 e. The van der Waals surface area contributed by atoms with Crippen LogP contribution in [0.25, 0.3) is 0 Å². The molecule has 0 saturated carbocycles. The topological polar surface area (TPSA) is 63.8 Å². The van der Waals surface area contributed by atoms with Crippen LogP contribution in [0.1, 0.15) is 32.0 Å². The summed E-state index contributed by atoms with van der Waals surface area (Å²) < 4.78 is 3.80. The summed E-state index contributed by atoms with van der Waals surface area (Å²) in [5.41, 5.74) is 3.70. The van der Waals surface area contributed by atoms with Gasteiger partial charge < -0.3 is 0 Å². The molecule has 1 aromatic rings. The Morgan fingerprint density at radius 2 is 2.50 bits per heavy atom. The molecule has 1 heterocycles. The second-order valence-electron chi connectivity index (χ2n) is 2.86. The molecule has 0 aliphatic heterocycles. The van der Waals surface area contributed by atoms with Gasteiger partial charge in [0.15, 0.2) is 0 Å². The van der Waals surface area contributed by atoms with Gasteiger partial charge in [0.1, 0.15) is 0 Å². The summed E-state index contributed by atoms with van der Waals surface area (Å²) in [5, 5.41) is 5.91. The van der Waals surface area contributed by atoms with Crippen molar-refractivity contribution in [3.05, 3.63) is 11.1 Å². The number of nitrogens with two attached hydrogens (primary N) is 1. The summed E-state index contributed by atoms with van der Waals surface area (Å²) in [5.74, 6) is 5.91.